The Morgan fingerprint density at radius 2 is 1.90 bits per heavy atom. The van der Waals surface area contributed by atoms with E-state index in [1.54, 1.807) is 0 Å². The predicted octanol–water partition coefficient (Wildman–Crippen LogP) is -1.07. The maximum absolute atomic E-state index is 12.5. The first-order chi connectivity index (χ1) is 9.84. The van der Waals surface area contributed by atoms with Crippen molar-refractivity contribution >= 4 is 17.7 Å². The van der Waals surface area contributed by atoms with Crippen LogP contribution >= 0.6 is 0 Å². The van der Waals surface area contributed by atoms with Crippen LogP contribution in [0.15, 0.2) is 0 Å². The lowest BCUT2D eigenvalue weighted by Gasteiger charge is -2.41. The van der Waals surface area contributed by atoms with Crippen molar-refractivity contribution in [2.75, 3.05) is 33.2 Å². The molecule has 2 rings (SSSR count). The highest BCUT2D eigenvalue weighted by Crippen LogP contribution is 2.18. The van der Waals surface area contributed by atoms with E-state index >= 15 is 0 Å². The van der Waals surface area contributed by atoms with Gasteiger partial charge in [0.25, 0.3) is 5.91 Å². The molecule has 2 N–H and O–H groups in total. The van der Waals surface area contributed by atoms with E-state index in [1.165, 1.54) is 7.05 Å². The molecule has 2 saturated heterocycles. The summed E-state index contributed by atoms with van der Waals surface area (Å²) in [5.41, 5.74) is -0.664. The molecule has 2 aliphatic rings. The SMILES string of the molecule is CN1C(=O)CCC(NC(=O)C(C)(C)N2CCNCC2)C1=O. The Kier molecular flexibility index (Phi) is 4.63. The lowest BCUT2D eigenvalue weighted by atomic mass is 9.98. The molecular weight excluding hydrogens is 272 g/mol. The van der Waals surface area contributed by atoms with Gasteiger partial charge < -0.3 is 10.6 Å². The van der Waals surface area contributed by atoms with Gasteiger partial charge in [0, 0.05) is 39.6 Å². The minimum Gasteiger partial charge on any atom is -0.343 e. The Hall–Kier alpha value is -1.47. The summed E-state index contributed by atoms with van der Waals surface area (Å²) >= 11 is 0. The minimum atomic E-state index is -0.664. The third-order valence-electron chi connectivity index (χ3n) is 4.42. The largest absolute Gasteiger partial charge is 0.343 e. The number of amides is 3. The molecule has 0 aromatic rings. The first kappa shape index (κ1) is 15.9. The Balaban J connectivity index is 1.99. The van der Waals surface area contributed by atoms with Crippen LogP contribution in [0.1, 0.15) is 26.7 Å². The fourth-order valence-electron chi connectivity index (χ4n) is 2.75. The zero-order valence-corrected chi connectivity index (χ0v) is 12.9. The average molecular weight is 296 g/mol. The highest BCUT2D eigenvalue weighted by molar-refractivity contribution is 6.02. The van der Waals surface area contributed by atoms with Gasteiger partial charge in [0.1, 0.15) is 6.04 Å². The van der Waals surface area contributed by atoms with E-state index < -0.39 is 11.6 Å². The number of rotatable bonds is 3. The van der Waals surface area contributed by atoms with Crippen molar-refractivity contribution in [3.05, 3.63) is 0 Å². The topological polar surface area (TPSA) is 81.8 Å². The smallest absolute Gasteiger partial charge is 0.251 e. The molecule has 0 spiro atoms. The highest BCUT2D eigenvalue weighted by Gasteiger charge is 2.39. The normalized spacial score (nSPS) is 25.1. The van der Waals surface area contributed by atoms with Gasteiger partial charge in [0.05, 0.1) is 5.54 Å². The Morgan fingerprint density at radius 3 is 2.52 bits per heavy atom. The van der Waals surface area contributed by atoms with Gasteiger partial charge in [-0.1, -0.05) is 0 Å². The number of nitrogens with zero attached hydrogens (tertiary/aromatic N) is 2. The van der Waals surface area contributed by atoms with Gasteiger partial charge in [-0.2, -0.15) is 0 Å². The maximum Gasteiger partial charge on any atom is 0.251 e. The molecule has 7 heteroatoms. The summed E-state index contributed by atoms with van der Waals surface area (Å²) in [4.78, 5) is 39.3. The highest BCUT2D eigenvalue weighted by atomic mass is 16.2. The molecule has 7 nitrogen and oxygen atoms in total. The molecule has 0 radical (unpaired) electrons. The molecule has 1 atom stereocenters. The number of piperidine rings is 1. The number of likely N-dealkylation sites (tertiary alicyclic amines) is 1. The van der Waals surface area contributed by atoms with Crippen LogP contribution in [0.4, 0.5) is 0 Å². The fraction of sp³-hybridized carbons (Fsp3) is 0.786. The number of hydrogen-bond donors (Lipinski definition) is 2. The standard InChI is InChI=1S/C14H24N4O3/c1-14(2,18-8-6-15-7-9-18)13(21)16-10-4-5-11(19)17(3)12(10)20/h10,15H,4-9H2,1-3H3,(H,16,21). The third kappa shape index (κ3) is 3.24. The lowest BCUT2D eigenvalue weighted by molar-refractivity contribution is -0.150. The molecule has 118 valence electrons. The van der Waals surface area contributed by atoms with Crippen molar-refractivity contribution in [2.45, 2.75) is 38.3 Å². The average Bonchev–Trinajstić information content (AvgIpc) is 2.48. The van der Waals surface area contributed by atoms with E-state index in [0.717, 1.165) is 31.1 Å². The molecule has 3 amide bonds. The second-order valence-electron chi connectivity index (χ2n) is 6.15. The molecule has 2 aliphatic heterocycles. The summed E-state index contributed by atoms with van der Waals surface area (Å²) in [6.07, 6.45) is 0.673. The second-order valence-corrected chi connectivity index (χ2v) is 6.15. The number of carbonyl (C=O) groups is 3. The van der Waals surface area contributed by atoms with Crippen molar-refractivity contribution in [3.63, 3.8) is 0 Å². The fourth-order valence-corrected chi connectivity index (χ4v) is 2.75. The molecule has 0 bridgehead atoms. The summed E-state index contributed by atoms with van der Waals surface area (Å²) in [6, 6.07) is -0.595. The molecule has 21 heavy (non-hydrogen) atoms. The van der Waals surface area contributed by atoms with Gasteiger partial charge in [-0.15, -0.1) is 0 Å². The minimum absolute atomic E-state index is 0.162. The second kappa shape index (κ2) is 6.11. The third-order valence-corrected chi connectivity index (χ3v) is 4.42. The number of hydrogen-bond acceptors (Lipinski definition) is 5. The summed E-state index contributed by atoms with van der Waals surface area (Å²) in [5, 5.41) is 6.07. The summed E-state index contributed by atoms with van der Waals surface area (Å²) in [5.74, 6) is -0.673. The molecule has 0 aromatic heterocycles. The van der Waals surface area contributed by atoms with Crippen LogP contribution in [0.5, 0.6) is 0 Å². The first-order valence-corrected chi connectivity index (χ1v) is 7.41. The van der Waals surface area contributed by atoms with E-state index in [-0.39, 0.29) is 17.7 Å². The van der Waals surface area contributed by atoms with Crippen molar-refractivity contribution < 1.29 is 14.4 Å². The number of nitrogens with one attached hydrogen (secondary N) is 2. The van der Waals surface area contributed by atoms with Crippen LogP contribution in [0.2, 0.25) is 0 Å². The summed E-state index contributed by atoms with van der Waals surface area (Å²) < 4.78 is 0. The van der Waals surface area contributed by atoms with Crippen LogP contribution < -0.4 is 10.6 Å². The zero-order chi connectivity index (χ0) is 15.6. The molecule has 0 saturated carbocycles. The van der Waals surface area contributed by atoms with Crippen molar-refractivity contribution in [2.24, 2.45) is 0 Å². The molecule has 2 heterocycles. The van der Waals surface area contributed by atoms with E-state index in [9.17, 15) is 14.4 Å². The number of carbonyl (C=O) groups excluding carboxylic acids is 3. The van der Waals surface area contributed by atoms with Crippen LogP contribution in [0.25, 0.3) is 0 Å². The number of piperazine rings is 1. The van der Waals surface area contributed by atoms with Gasteiger partial charge in [0.15, 0.2) is 0 Å². The predicted molar refractivity (Wildman–Crippen MR) is 77.5 cm³/mol. The van der Waals surface area contributed by atoms with E-state index in [2.05, 4.69) is 15.5 Å². The van der Waals surface area contributed by atoms with Crippen LogP contribution in [-0.2, 0) is 14.4 Å². The van der Waals surface area contributed by atoms with Crippen LogP contribution in [0, 0.1) is 0 Å². The van der Waals surface area contributed by atoms with E-state index in [4.69, 9.17) is 0 Å². The molecule has 1 unspecified atom stereocenters. The van der Waals surface area contributed by atoms with Gasteiger partial charge in [-0.3, -0.25) is 24.2 Å². The van der Waals surface area contributed by atoms with Crippen LogP contribution in [0.3, 0.4) is 0 Å². The molecule has 0 aromatic carbocycles. The van der Waals surface area contributed by atoms with Gasteiger partial charge in [-0.25, -0.2) is 0 Å². The van der Waals surface area contributed by atoms with Gasteiger partial charge in [-0.05, 0) is 20.3 Å². The van der Waals surface area contributed by atoms with E-state index in [1.807, 2.05) is 13.8 Å². The van der Waals surface area contributed by atoms with Crippen molar-refractivity contribution in [3.8, 4) is 0 Å². The van der Waals surface area contributed by atoms with Gasteiger partial charge in [0.2, 0.25) is 11.8 Å². The molecule has 2 fully saturated rings. The number of likely N-dealkylation sites (N-methyl/N-ethyl adjacent to an activating group) is 1. The number of imide groups is 1. The zero-order valence-electron chi connectivity index (χ0n) is 12.9. The Labute approximate surface area is 125 Å². The monoisotopic (exact) mass is 296 g/mol. The Morgan fingerprint density at radius 1 is 1.29 bits per heavy atom. The van der Waals surface area contributed by atoms with Crippen molar-refractivity contribution in [1.82, 2.24) is 20.4 Å². The maximum atomic E-state index is 12.5. The van der Waals surface area contributed by atoms with E-state index in [0.29, 0.717) is 12.8 Å². The Bertz CT molecular complexity index is 444. The van der Waals surface area contributed by atoms with Crippen LogP contribution in [-0.4, -0.2) is 72.3 Å². The summed E-state index contributed by atoms with van der Waals surface area (Å²) in [7, 11) is 1.46. The van der Waals surface area contributed by atoms with Crippen molar-refractivity contribution in [1.29, 1.82) is 0 Å². The lowest BCUT2D eigenvalue weighted by Crippen LogP contribution is -2.63. The molecule has 0 aliphatic carbocycles. The molecular formula is C14H24N4O3. The van der Waals surface area contributed by atoms with Gasteiger partial charge >= 0.3 is 0 Å². The summed E-state index contributed by atoms with van der Waals surface area (Å²) in [6.45, 7) is 7.06. The quantitative estimate of drug-likeness (QED) is 0.649. The first-order valence-electron chi connectivity index (χ1n) is 7.41.